The first-order valence-corrected chi connectivity index (χ1v) is 9.47. The predicted molar refractivity (Wildman–Crippen MR) is 105 cm³/mol. The second-order valence-corrected chi connectivity index (χ2v) is 6.91. The molecule has 1 saturated heterocycles. The van der Waals surface area contributed by atoms with Crippen molar-refractivity contribution < 1.29 is 14.3 Å². The largest absolute Gasteiger partial charge is 0.377 e. The van der Waals surface area contributed by atoms with Gasteiger partial charge in [-0.25, -0.2) is 4.98 Å². The molecule has 1 aromatic carbocycles. The van der Waals surface area contributed by atoms with Crippen molar-refractivity contribution in [1.29, 1.82) is 0 Å². The normalized spacial score (nSPS) is 16.4. The average Bonchev–Trinajstić information content (AvgIpc) is 3.17. The number of carbonyl (C=O) groups is 1. The van der Waals surface area contributed by atoms with Gasteiger partial charge in [-0.1, -0.05) is 15.9 Å². The summed E-state index contributed by atoms with van der Waals surface area (Å²) in [5.74, 6) is 0.339. The van der Waals surface area contributed by atoms with E-state index in [0.717, 1.165) is 29.6 Å². The van der Waals surface area contributed by atoms with Crippen molar-refractivity contribution in [3.63, 3.8) is 0 Å². The Morgan fingerprint density at radius 3 is 2.92 bits per heavy atom. The van der Waals surface area contributed by atoms with Gasteiger partial charge in [-0.05, 0) is 49.2 Å². The topological polar surface area (TPSA) is 72.5 Å². The van der Waals surface area contributed by atoms with Crippen LogP contribution in [0.3, 0.4) is 0 Å². The van der Waals surface area contributed by atoms with E-state index in [2.05, 4.69) is 31.5 Å². The summed E-state index contributed by atoms with van der Waals surface area (Å²) in [6.07, 6.45) is 4.05. The highest BCUT2D eigenvalue weighted by Gasteiger charge is 2.15. The molecule has 1 aliphatic heterocycles. The zero-order valence-corrected chi connectivity index (χ0v) is 16.0. The SMILES string of the molecule is O=C(Nc1ccc(Br)cc1)c1cccnc1NCCOCC1CCCO1. The Balaban J connectivity index is 1.50. The molecule has 3 rings (SSSR count). The number of anilines is 2. The van der Waals surface area contributed by atoms with E-state index in [1.807, 2.05) is 24.3 Å². The van der Waals surface area contributed by atoms with E-state index in [1.54, 1.807) is 18.3 Å². The van der Waals surface area contributed by atoms with E-state index >= 15 is 0 Å². The molecule has 26 heavy (non-hydrogen) atoms. The van der Waals surface area contributed by atoms with Gasteiger partial charge in [0.15, 0.2) is 0 Å². The van der Waals surface area contributed by atoms with Gasteiger partial charge >= 0.3 is 0 Å². The van der Waals surface area contributed by atoms with E-state index in [0.29, 0.717) is 31.1 Å². The molecule has 7 heteroatoms. The number of pyridine rings is 1. The summed E-state index contributed by atoms with van der Waals surface area (Å²) < 4.78 is 12.1. The summed E-state index contributed by atoms with van der Waals surface area (Å²) in [5, 5.41) is 6.05. The van der Waals surface area contributed by atoms with Crippen molar-refractivity contribution in [2.24, 2.45) is 0 Å². The summed E-state index contributed by atoms with van der Waals surface area (Å²) >= 11 is 3.38. The highest BCUT2D eigenvalue weighted by Crippen LogP contribution is 2.17. The molecule has 0 spiro atoms. The van der Waals surface area contributed by atoms with Crippen LogP contribution in [0.5, 0.6) is 0 Å². The smallest absolute Gasteiger partial charge is 0.259 e. The second kappa shape index (κ2) is 9.66. The Morgan fingerprint density at radius 2 is 2.15 bits per heavy atom. The number of nitrogens with zero attached hydrogens (tertiary/aromatic N) is 1. The predicted octanol–water partition coefficient (Wildman–Crippen LogP) is 3.70. The van der Waals surface area contributed by atoms with Crippen LogP contribution in [0.2, 0.25) is 0 Å². The maximum atomic E-state index is 12.5. The van der Waals surface area contributed by atoms with Crippen LogP contribution in [-0.4, -0.2) is 43.4 Å². The minimum Gasteiger partial charge on any atom is -0.377 e. The number of carbonyl (C=O) groups excluding carboxylic acids is 1. The van der Waals surface area contributed by atoms with Crippen LogP contribution in [0.15, 0.2) is 47.1 Å². The number of ether oxygens (including phenoxy) is 2. The molecule has 1 amide bonds. The molecule has 0 bridgehead atoms. The van der Waals surface area contributed by atoms with Crippen LogP contribution < -0.4 is 10.6 Å². The first-order chi connectivity index (χ1) is 12.7. The third-order valence-corrected chi connectivity index (χ3v) is 4.55. The standard InChI is InChI=1S/C19H22BrN3O3/c20-14-5-7-15(8-6-14)23-19(24)17-4-1-9-21-18(17)22-10-12-25-13-16-3-2-11-26-16/h1,4-9,16H,2-3,10-13H2,(H,21,22)(H,23,24). The van der Waals surface area contributed by atoms with E-state index in [9.17, 15) is 4.79 Å². The Kier molecular flexibility index (Phi) is 6.99. The summed E-state index contributed by atoms with van der Waals surface area (Å²) in [7, 11) is 0. The van der Waals surface area contributed by atoms with E-state index < -0.39 is 0 Å². The fraction of sp³-hybridized carbons (Fsp3) is 0.368. The number of amides is 1. The monoisotopic (exact) mass is 419 g/mol. The Morgan fingerprint density at radius 1 is 1.31 bits per heavy atom. The lowest BCUT2D eigenvalue weighted by atomic mass is 10.2. The third kappa shape index (κ3) is 5.52. The maximum Gasteiger partial charge on any atom is 0.259 e. The maximum absolute atomic E-state index is 12.5. The van der Waals surface area contributed by atoms with Crippen molar-refractivity contribution in [3.8, 4) is 0 Å². The van der Waals surface area contributed by atoms with E-state index in [4.69, 9.17) is 9.47 Å². The van der Waals surface area contributed by atoms with Gasteiger partial charge in [0.05, 0.1) is 24.9 Å². The lowest BCUT2D eigenvalue weighted by Gasteiger charge is -2.13. The van der Waals surface area contributed by atoms with Gasteiger partial charge in [0.1, 0.15) is 5.82 Å². The average molecular weight is 420 g/mol. The molecule has 2 aromatic rings. The number of hydrogen-bond donors (Lipinski definition) is 2. The number of nitrogens with one attached hydrogen (secondary N) is 2. The zero-order valence-electron chi connectivity index (χ0n) is 14.4. The van der Waals surface area contributed by atoms with Crippen LogP contribution in [-0.2, 0) is 9.47 Å². The molecule has 1 atom stereocenters. The highest BCUT2D eigenvalue weighted by molar-refractivity contribution is 9.10. The van der Waals surface area contributed by atoms with E-state index in [-0.39, 0.29) is 12.0 Å². The zero-order chi connectivity index (χ0) is 18.2. The lowest BCUT2D eigenvalue weighted by Crippen LogP contribution is -2.20. The third-order valence-electron chi connectivity index (χ3n) is 4.02. The van der Waals surface area contributed by atoms with Gasteiger partial charge in [-0.2, -0.15) is 0 Å². The Bertz CT molecular complexity index is 718. The summed E-state index contributed by atoms with van der Waals surface area (Å²) in [5.41, 5.74) is 1.22. The van der Waals surface area contributed by atoms with Crippen LogP contribution in [0.4, 0.5) is 11.5 Å². The summed E-state index contributed by atoms with van der Waals surface area (Å²) in [4.78, 5) is 16.8. The highest BCUT2D eigenvalue weighted by atomic mass is 79.9. The van der Waals surface area contributed by atoms with Gasteiger partial charge < -0.3 is 20.1 Å². The molecule has 1 fully saturated rings. The Hall–Kier alpha value is -1.96. The molecule has 1 unspecified atom stereocenters. The number of benzene rings is 1. The summed E-state index contributed by atoms with van der Waals surface area (Å²) in [6.45, 7) is 2.55. The number of hydrogen-bond acceptors (Lipinski definition) is 5. The minimum absolute atomic E-state index is 0.205. The molecule has 2 heterocycles. The van der Waals surface area contributed by atoms with Crippen molar-refractivity contribution in [2.45, 2.75) is 18.9 Å². The number of aromatic nitrogens is 1. The van der Waals surface area contributed by atoms with Crippen LogP contribution in [0, 0.1) is 0 Å². The van der Waals surface area contributed by atoms with Gasteiger partial charge in [-0.3, -0.25) is 4.79 Å². The van der Waals surface area contributed by atoms with Gasteiger partial charge in [0, 0.05) is 29.5 Å². The molecular weight excluding hydrogens is 398 g/mol. The van der Waals surface area contributed by atoms with Gasteiger partial charge in [0.2, 0.25) is 0 Å². The van der Waals surface area contributed by atoms with Crippen LogP contribution in [0.1, 0.15) is 23.2 Å². The first-order valence-electron chi connectivity index (χ1n) is 8.67. The molecular formula is C19H22BrN3O3. The molecule has 0 aliphatic carbocycles. The van der Waals surface area contributed by atoms with Crippen LogP contribution in [0.25, 0.3) is 0 Å². The van der Waals surface area contributed by atoms with Crippen LogP contribution >= 0.6 is 15.9 Å². The minimum atomic E-state index is -0.205. The molecule has 6 nitrogen and oxygen atoms in total. The van der Waals surface area contributed by atoms with Crippen molar-refractivity contribution >= 4 is 33.3 Å². The number of halogens is 1. The molecule has 0 saturated carbocycles. The van der Waals surface area contributed by atoms with Gasteiger partial charge in [0.25, 0.3) is 5.91 Å². The first kappa shape index (κ1) is 18.8. The van der Waals surface area contributed by atoms with Crippen molar-refractivity contribution in [2.75, 3.05) is 37.0 Å². The molecule has 0 radical (unpaired) electrons. The quantitative estimate of drug-likeness (QED) is 0.638. The van der Waals surface area contributed by atoms with Crippen molar-refractivity contribution in [1.82, 2.24) is 4.98 Å². The lowest BCUT2D eigenvalue weighted by molar-refractivity contribution is 0.0206. The van der Waals surface area contributed by atoms with Gasteiger partial charge in [-0.15, -0.1) is 0 Å². The fourth-order valence-corrected chi connectivity index (χ4v) is 2.96. The van der Waals surface area contributed by atoms with E-state index in [1.165, 1.54) is 0 Å². The molecule has 138 valence electrons. The molecule has 1 aliphatic rings. The molecule has 2 N–H and O–H groups in total. The number of rotatable bonds is 8. The van der Waals surface area contributed by atoms with Crippen molar-refractivity contribution in [3.05, 3.63) is 52.6 Å². The summed E-state index contributed by atoms with van der Waals surface area (Å²) in [6, 6.07) is 10.9. The Labute approximate surface area is 161 Å². The fourth-order valence-electron chi connectivity index (χ4n) is 2.69. The molecule has 1 aromatic heterocycles. The second-order valence-electron chi connectivity index (χ2n) is 6.00.